The van der Waals surface area contributed by atoms with E-state index in [0.29, 0.717) is 24.5 Å². The number of fused-ring (bicyclic) bond motifs is 1. The minimum Gasteiger partial charge on any atom is -0.485 e. The van der Waals surface area contributed by atoms with Crippen LogP contribution in [0.2, 0.25) is 0 Å². The van der Waals surface area contributed by atoms with Gasteiger partial charge < -0.3 is 14.8 Å². The molecule has 3 heterocycles. The molecule has 1 aromatic rings. The summed E-state index contributed by atoms with van der Waals surface area (Å²) in [5.74, 6) is 1.01. The van der Waals surface area contributed by atoms with Crippen molar-refractivity contribution < 1.29 is 23.9 Å². The van der Waals surface area contributed by atoms with Gasteiger partial charge in [-0.3, -0.25) is 19.3 Å². The van der Waals surface area contributed by atoms with Crippen molar-refractivity contribution in [3.05, 3.63) is 24.3 Å². The second-order valence-corrected chi connectivity index (χ2v) is 7.58. The van der Waals surface area contributed by atoms with Crippen LogP contribution in [0.15, 0.2) is 24.3 Å². The standard InChI is InChI=1S/C18H20N2O5S/c21-11-10-26-18(23)16(11)20-8-4-3-7-15(20)19-17(22)14-9-24-12-5-1-2-6-13(12)25-14/h1-2,5-6,14-16H,3-4,7-10H2,(H,19,22). The van der Waals surface area contributed by atoms with Gasteiger partial charge in [0.1, 0.15) is 12.6 Å². The number of carbonyl (C=O) groups excluding carboxylic acids is 3. The minimum atomic E-state index is -0.752. The molecule has 2 fully saturated rings. The summed E-state index contributed by atoms with van der Waals surface area (Å²) in [4.78, 5) is 38.7. The summed E-state index contributed by atoms with van der Waals surface area (Å²) in [6.45, 7) is 0.755. The fourth-order valence-electron chi connectivity index (χ4n) is 3.58. The zero-order valence-corrected chi connectivity index (χ0v) is 15.0. The maximum absolute atomic E-state index is 12.7. The Bertz CT molecular complexity index is 724. The van der Waals surface area contributed by atoms with Crippen LogP contribution in [0.1, 0.15) is 19.3 Å². The lowest BCUT2D eigenvalue weighted by atomic mass is 10.0. The predicted molar refractivity (Wildman–Crippen MR) is 95.1 cm³/mol. The highest BCUT2D eigenvalue weighted by Gasteiger charge is 2.43. The number of amides is 1. The van der Waals surface area contributed by atoms with Crippen LogP contribution < -0.4 is 14.8 Å². The lowest BCUT2D eigenvalue weighted by Crippen LogP contribution is -2.59. The number of ether oxygens (including phenoxy) is 2. The van der Waals surface area contributed by atoms with Gasteiger partial charge in [-0.05, 0) is 31.4 Å². The molecule has 3 atom stereocenters. The van der Waals surface area contributed by atoms with Gasteiger partial charge in [0.15, 0.2) is 17.3 Å². The van der Waals surface area contributed by atoms with E-state index < -0.39 is 12.1 Å². The second-order valence-electron chi connectivity index (χ2n) is 6.60. The van der Waals surface area contributed by atoms with Gasteiger partial charge in [-0.1, -0.05) is 23.9 Å². The number of Topliss-reactive ketones (excluding diaryl/α,β-unsaturated/α-hetero) is 1. The molecule has 1 amide bonds. The molecular weight excluding hydrogens is 356 g/mol. The van der Waals surface area contributed by atoms with E-state index >= 15 is 0 Å². The van der Waals surface area contributed by atoms with Gasteiger partial charge in [-0.2, -0.15) is 0 Å². The Kier molecular flexibility index (Phi) is 4.86. The summed E-state index contributed by atoms with van der Waals surface area (Å²) in [6, 6.07) is 6.47. The quantitative estimate of drug-likeness (QED) is 0.787. The number of likely N-dealkylation sites (tertiary alicyclic amines) is 1. The van der Waals surface area contributed by atoms with E-state index in [0.717, 1.165) is 24.6 Å². The second kappa shape index (κ2) is 7.28. The van der Waals surface area contributed by atoms with Crippen molar-refractivity contribution in [1.82, 2.24) is 10.2 Å². The Balaban J connectivity index is 1.44. The Morgan fingerprint density at radius 3 is 2.77 bits per heavy atom. The molecule has 4 rings (SSSR count). The SMILES string of the molecule is O=C(NC1CCCCN1C1C(=O)CSC1=O)C1COc2ccccc2O1. The molecule has 0 aliphatic carbocycles. The first kappa shape index (κ1) is 17.4. The fraction of sp³-hybridized carbons (Fsp3) is 0.500. The number of nitrogens with one attached hydrogen (secondary N) is 1. The van der Waals surface area contributed by atoms with Crippen molar-refractivity contribution in [3.63, 3.8) is 0 Å². The highest BCUT2D eigenvalue weighted by atomic mass is 32.2. The molecule has 8 heteroatoms. The molecule has 1 aromatic carbocycles. The predicted octanol–water partition coefficient (Wildman–Crippen LogP) is 0.966. The third-order valence-electron chi connectivity index (χ3n) is 4.87. The molecule has 3 unspecified atom stereocenters. The average Bonchev–Trinajstić information content (AvgIpc) is 3.00. The first-order valence-corrected chi connectivity index (χ1v) is 9.76. The van der Waals surface area contributed by atoms with E-state index in [1.807, 2.05) is 17.0 Å². The smallest absolute Gasteiger partial charge is 0.265 e. The molecule has 138 valence electrons. The van der Waals surface area contributed by atoms with Gasteiger partial charge in [0.2, 0.25) is 11.2 Å². The number of carbonyl (C=O) groups is 3. The molecule has 0 spiro atoms. The van der Waals surface area contributed by atoms with Crippen LogP contribution >= 0.6 is 11.8 Å². The molecule has 0 saturated carbocycles. The number of piperidine rings is 1. The van der Waals surface area contributed by atoms with Crippen molar-refractivity contribution in [1.29, 1.82) is 0 Å². The lowest BCUT2D eigenvalue weighted by molar-refractivity contribution is -0.137. The van der Waals surface area contributed by atoms with Crippen molar-refractivity contribution in [2.45, 2.75) is 37.6 Å². The molecule has 1 N–H and O–H groups in total. The minimum absolute atomic E-state index is 0.0765. The van der Waals surface area contributed by atoms with Crippen LogP contribution in [-0.4, -0.2) is 58.9 Å². The highest BCUT2D eigenvalue weighted by Crippen LogP contribution is 2.31. The van der Waals surface area contributed by atoms with Crippen molar-refractivity contribution in [2.75, 3.05) is 18.9 Å². The summed E-state index contributed by atoms with van der Waals surface area (Å²) in [6.07, 6.45) is 1.46. The van der Waals surface area contributed by atoms with Crippen molar-refractivity contribution >= 4 is 28.6 Å². The van der Waals surface area contributed by atoms with E-state index in [-0.39, 0.29) is 35.3 Å². The average molecular weight is 376 g/mol. The molecule has 0 bridgehead atoms. The number of rotatable bonds is 3. The molecule has 0 radical (unpaired) electrons. The number of thioether (sulfide) groups is 1. The third kappa shape index (κ3) is 3.31. The van der Waals surface area contributed by atoms with Crippen LogP contribution in [0.3, 0.4) is 0 Å². The van der Waals surface area contributed by atoms with Crippen LogP contribution in [0.4, 0.5) is 0 Å². The Labute approximate surface area is 155 Å². The zero-order chi connectivity index (χ0) is 18.1. The molecule has 26 heavy (non-hydrogen) atoms. The Hall–Kier alpha value is -2.06. The van der Waals surface area contributed by atoms with E-state index in [4.69, 9.17) is 9.47 Å². The first-order chi connectivity index (χ1) is 12.6. The Morgan fingerprint density at radius 2 is 2.00 bits per heavy atom. The molecule has 0 aromatic heterocycles. The van der Waals surface area contributed by atoms with Crippen molar-refractivity contribution in [3.8, 4) is 11.5 Å². The molecule has 3 aliphatic heterocycles. The number of para-hydroxylation sites is 2. The zero-order valence-electron chi connectivity index (χ0n) is 14.2. The number of benzene rings is 1. The van der Waals surface area contributed by atoms with E-state index in [1.165, 1.54) is 0 Å². The van der Waals surface area contributed by atoms with E-state index in [9.17, 15) is 14.4 Å². The summed E-state index contributed by atoms with van der Waals surface area (Å²) in [5.41, 5.74) is 0. The van der Waals surface area contributed by atoms with Gasteiger partial charge in [0.05, 0.1) is 11.9 Å². The van der Waals surface area contributed by atoms with Crippen LogP contribution in [0.5, 0.6) is 11.5 Å². The fourth-order valence-corrected chi connectivity index (χ4v) is 4.44. The largest absolute Gasteiger partial charge is 0.485 e. The molecule has 7 nitrogen and oxygen atoms in total. The molecular formula is C18H20N2O5S. The van der Waals surface area contributed by atoms with Gasteiger partial charge in [-0.15, -0.1) is 0 Å². The normalized spacial score (nSPS) is 28.8. The van der Waals surface area contributed by atoms with E-state index in [2.05, 4.69) is 5.32 Å². The Morgan fingerprint density at radius 1 is 1.19 bits per heavy atom. The topological polar surface area (TPSA) is 84.9 Å². The molecule has 3 aliphatic rings. The van der Waals surface area contributed by atoms with Gasteiger partial charge in [0.25, 0.3) is 5.91 Å². The lowest BCUT2D eigenvalue weighted by Gasteiger charge is -2.39. The maximum atomic E-state index is 12.7. The van der Waals surface area contributed by atoms with Gasteiger partial charge in [-0.25, -0.2) is 0 Å². The first-order valence-electron chi connectivity index (χ1n) is 8.77. The highest BCUT2D eigenvalue weighted by molar-refractivity contribution is 8.15. The van der Waals surface area contributed by atoms with Crippen LogP contribution in [0.25, 0.3) is 0 Å². The summed E-state index contributed by atoms with van der Waals surface area (Å²) in [5, 5.41) is 2.83. The van der Waals surface area contributed by atoms with Crippen molar-refractivity contribution in [2.24, 2.45) is 0 Å². The number of nitrogens with zero attached hydrogens (tertiary/aromatic N) is 1. The number of hydrogen-bond donors (Lipinski definition) is 1. The van der Waals surface area contributed by atoms with E-state index in [1.54, 1.807) is 12.1 Å². The summed E-state index contributed by atoms with van der Waals surface area (Å²) >= 11 is 1.06. The number of ketones is 1. The van der Waals surface area contributed by atoms with Gasteiger partial charge >= 0.3 is 0 Å². The monoisotopic (exact) mass is 376 g/mol. The maximum Gasteiger partial charge on any atom is 0.265 e. The summed E-state index contributed by atoms with van der Waals surface area (Å²) in [7, 11) is 0. The number of hydrogen-bond acceptors (Lipinski definition) is 7. The van der Waals surface area contributed by atoms with Crippen LogP contribution in [-0.2, 0) is 14.4 Å². The van der Waals surface area contributed by atoms with Gasteiger partial charge in [0, 0.05) is 6.54 Å². The van der Waals surface area contributed by atoms with Crippen LogP contribution in [0, 0.1) is 0 Å². The third-order valence-corrected chi connectivity index (χ3v) is 5.81. The summed E-state index contributed by atoms with van der Waals surface area (Å²) < 4.78 is 11.3. The molecule has 2 saturated heterocycles.